The smallest absolute Gasteiger partial charge is 0.0695 e. The molecule has 2 heteroatoms. The molecule has 1 saturated carbocycles. The Morgan fingerprint density at radius 2 is 1.88 bits per heavy atom. The van der Waals surface area contributed by atoms with E-state index in [2.05, 4.69) is 32.7 Å². The maximum atomic E-state index is 10.3. The van der Waals surface area contributed by atoms with Gasteiger partial charge in [-0.2, -0.15) is 0 Å². The molecule has 0 saturated heterocycles. The van der Waals surface area contributed by atoms with Crippen LogP contribution in [0.25, 0.3) is 0 Å². The molecular weight excluding hydrogens is 210 g/mol. The number of nitrogens with zero attached hydrogens (tertiary/aromatic N) is 1. The minimum Gasteiger partial charge on any atom is -0.391 e. The third kappa shape index (κ3) is 3.96. The second kappa shape index (κ2) is 7.38. The molecule has 4 atom stereocenters. The molecule has 0 aliphatic heterocycles. The molecular formula is C15H31NO. The van der Waals surface area contributed by atoms with Gasteiger partial charge < -0.3 is 5.11 Å². The molecule has 0 heterocycles. The summed E-state index contributed by atoms with van der Waals surface area (Å²) in [6, 6.07) is 1.03. The Morgan fingerprint density at radius 1 is 1.24 bits per heavy atom. The first-order chi connectivity index (χ1) is 8.11. The minimum atomic E-state index is -0.149. The Bertz CT molecular complexity index is 207. The molecule has 0 amide bonds. The van der Waals surface area contributed by atoms with Crippen LogP contribution in [0.2, 0.25) is 0 Å². The molecule has 0 radical (unpaired) electrons. The Morgan fingerprint density at radius 3 is 2.41 bits per heavy atom. The van der Waals surface area contributed by atoms with Crippen LogP contribution in [0.4, 0.5) is 0 Å². The normalized spacial score (nSPS) is 29.3. The fourth-order valence-corrected chi connectivity index (χ4v) is 3.47. The van der Waals surface area contributed by atoms with Crippen molar-refractivity contribution in [3.8, 4) is 0 Å². The molecule has 0 aromatic rings. The predicted molar refractivity (Wildman–Crippen MR) is 74.2 cm³/mol. The van der Waals surface area contributed by atoms with Crippen molar-refractivity contribution in [3.05, 3.63) is 0 Å². The van der Waals surface area contributed by atoms with Crippen molar-refractivity contribution in [3.63, 3.8) is 0 Å². The van der Waals surface area contributed by atoms with E-state index in [1.54, 1.807) is 0 Å². The van der Waals surface area contributed by atoms with E-state index in [9.17, 15) is 5.11 Å². The second-order valence-corrected chi connectivity index (χ2v) is 5.83. The zero-order valence-corrected chi connectivity index (χ0v) is 12.2. The SMILES string of the molecule is CCCC(O)C(CC)N(C)C1CCCCC1C. The molecule has 1 fully saturated rings. The molecule has 2 nitrogen and oxygen atoms in total. The molecule has 4 unspecified atom stereocenters. The minimum absolute atomic E-state index is 0.149. The van der Waals surface area contributed by atoms with Gasteiger partial charge in [0.05, 0.1) is 6.10 Å². The Kier molecular flexibility index (Phi) is 6.50. The van der Waals surface area contributed by atoms with Gasteiger partial charge in [-0.25, -0.2) is 0 Å². The topological polar surface area (TPSA) is 23.5 Å². The molecule has 102 valence electrons. The van der Waals surface area contributed by atoms with Crippen molar-refractivity contribution in [1.29, 1.82) is 0 Å². The van der Waals surface area contributed by atoms with Gasteiger partial charge in [0.1, 0.15) is 0 Å². The molecule has 0 bridgehead atoms. The van der Waals surface area contributed by atoms with E-state index in [-0.39, 0.29) is 6.10 Å². The average molecular weight is 241 g/mol. The first-order valence-corrected chi connectivity index (χ1v) is 7.51. The number of rotatable bonds is 6. The summed E-state index contributed by atoms with van der Waals surface area (Å²) >= 11 is 0. The maximum absolute atomic E-state index is 10.3. The number of likely N-dealkylation sites (N-methyl/N-ethyl adjacent to an activating group) is 1. The number of hydrogen-bond donors (Lipinski definition) is 1. The van der Waals surface area contributed by atoms with Crippen molar-refractivity contribution in [2.24, 2.45) is 5.92 Å². The van der Waals surface area contributed by atoms with Gasteiger partial charge in [0.2, 0.25) is 0 Å². The second-order valence-electron chi connectivity index (χ2n) is 5.83. The third-order valence-corrected chi connectivity index (χ3v) is 4.56. The van der Waals surface area contributed by atoms with Crippen molar-refractivity contribution in [2.75, 3.05) is 7.05 Å². The highest BCUT2D eigenvalue weighted by molar-refractivity contribution is 4.85. The van der Waals surface area contributed by atoms with Crippen molar-refractivity contribution >= 4 is 0 Å². The standard InChI is InChI=1S/C15H31NO/c1-5-9-15(17)13(6-2)16(4)14-11-8-7-10-12(14)3/h12-15,17H,5-11H2,1-4H3. The highest BCUT2D eigenvalue weighted by atomic mass is 16.3. The molecule has 0 aromatic carbocycles. The monoisotopic (exact) mass is 241 g/mol. The molecule has 1 rings (SSSR count). The van der Waals surface area contributed by atoms with Crippen molar-refractivity contribution in [2.45, 2.75) is 83.9 Å². The zero-order chi connectivity index (χ0) is 12.8. The fourth-order valence-electron chi connectivity index (χ4n) is 3.47. The molecule has 1 aliphatic rings. The third-order valence-electron chi connectivity index (χ3n) is 4.56. The van der Waals surface area contributed by atoms with Gasteiger partial charge in [-0.15, -0.1) is 0 Å². The quantitative estimate of drug-likeness (QED) is 0.770. The van der Waals surface area contributed by atoms with E-state index in [4.69, 9.17) is 0 Å². The molecule has 1 N–H and O–H groups in total. The lowest BCUT2D eigenvalue weighted by atomic mass is 9.83. The summed E-state index contributed by atoms with van der Waals surface area (Å²) in [6.07, 6.45) is 8.34. The van der Waals surface area contributed by atoms with Gasteiger partial charge in [0.25, 0.3) is 0 Å². The highest BCUT2D eigenvalue weighted by Crippen LogP contribution is 2.30. The molecule has 0 spiro atoms. The van der Waals surface area contributed by atoms with Crippen LogP contribution < -0.4 is 0 Å². The number of hydrogen-bond acceptors (Lipinski definition) is 2. The predicted octanol–water partition coefficient (Wildman–Crippen LogP) is 3.44. The Labute approximate surface area is 107 Å². The molecule has 1 aliphatic carbocycles. The zero-order valence-electron chi connectivity index (χ0n) is 12.2. The molecule has 0 aromatic heterocycles. The van der Waals surface area contributed by atoms with Gasteiger partial charge >= 0.3 is 0 Å². The lowest BCUT2D eigenvalue weighted by Gasteiger charge is -2.42. The first-order valence-electron chi connectivity index (χ1n) is 7.51. The lowest BCUT2D eigenvalue weighted by Crippen LogP contribution is -2.49. The van der Waals surface area contributed by atoms with Gasteiger partial charge in [-0.1, -0.05) is 40.0 Å². The van der Waals surface area contributed by atoms with Crippen LogP contribution in [0, 0.1) is 5.92 Å². The average Bonchev–Trinajstić information content (AvgIpc) is 2.30. The van der Waals surface area contributed by atoms with Gasteiger partial charge in [0, 0.05) is 12.1 Å². The number of aliphatic hydroxyl groups excluding tert-OH is 1. The summed E-state index contributed by atoms with van der Waals surface area (Å²) in [5.74, 6) is 0.789. The first kappa shape index (κ1) is 15.0. The van der Waals surface area contributed by atoms with Gasteiger partial charge in [-0.3, -0.25) is 4.90 Å². The van der Waals surface area contributed by atoms with Crippen LogP contribution in [0.3, 0.4) is 0 Å². The van der Waals surface area contributed by atoms with Crippen LogP contribution in [0.1, 0.15) is 65.7 Å². The van der Waals surface area contributed by atoms with E-state index in [0.717, 1.165) is 25.2 Å². The van der Waals surface area contributed by atoms with Crippen LogP contribution in [0.15, 0.2) is 0 Å². The summed E-state index contributed by atoms with van der Waals surface area (Å²) in [7, 11) is 2.22. The van der Waals surface area contributed by atoms with E-state index in [1.807, 2.05) is 0 Å². The summed E-state index contributed by atoms with van der Waals surface area (Å²) in [5.41, 5.74) is 0. The van der Waals surface area contributed by atoms with E-state index >= 15 is 0 Å². The lowest BCUT2D eigenvalue weighted by molar-refractivity contribution is 0.00909. The summed E-state index contributed by atoms with van der Waals surface area (Å²) in [5, 5.41) is 10.3. The maximum Gasteiger partial charge on any atom is 0.0695 e. The van der Waals surface area contributed by atoms with Crippen molar-refractivity contribution < 1.29 is 5.11 Å². The van der Waals surface area contributed by atoms with Crippen LogP contribution in [-0.4, -0.2) is 35.2 Å². The van der Waals surface area contributed by atoms with E-state index in [0.29, 0.717) is 12.1 Å². The van der Waals surface area contributed by atoms with Crippen LogP contribution >= 0.6 is 0 Å². The van der Waals surface area contributed by atoms with E-state index in [1.165, 1.54) is 25.7 Å². The van der Waals surface area contributed by atoms with Gasteiger partial charge in [0.15, 0.2) is 0 Å². The fraction of sp³-hybridized carbons (Fsp3) is 1.00. The van der Waals surface area contributed by atoms with Crippen LogP contribution in [0.5, 0.6) is 0 Å². The van der Waals surface area contributed by atoms with Gasteiger partial charge in [-0.05, 0) is 38.6 Å². The van der Waals surface area contributed by atoms with Crippen LogP contribution in [-0.2, 0) is 0 Å². The summed E-state index contributed by atoms with van der Waals surface area (Å²) < 4.78 is 0. The number of aliphatic hydroxyl groups is 1. The summed E-state index contributed by atoms with van der Waals surface area (Å²) in [6.45, 7) is 6.73. The summed E-state index contributed by atoms with van der Waals surface area (Å²) in [4.78, 5) is 2.48. The van der Waals surface area contributed by atoms with E-state index < -0.39 is 0 Å². The highest BCUT2D eigenvalue weighted by Gasteiger charge is 2.31. The van der Waals surface area contributed by atoms with Crippen molar-refractivity contribution in [1.82, 2.24) is 4.90 Å². The Hall–Kier alpha value is -0.0800. The largest absolute Gasteiger partial charge is 0.391 e. The molecule has 17 heavy (non-hydrogen) atoms. The Balaban J connectivity index is 2.60.